The number of anilines is 1. The van der Waals surface area contributed by atoms with Crippen LogP contribution in [0.5, 0.6) is 0 Å². The molecule has 1 aromatic carbocycles. The van der Waals surface area contributed by atoms with Crippen LogP contribution in [0.25, 0.3) is 0 Å². The second kappa shape index (κ2) is 7.89. The van der Waals surface area contributed by atoms with Crippen LogP contribution >= 0.6 is 15.9 Å². The number of nitrogens with one attached hydrogen (secondary N) is 2. The molecule has 1 aromatic heterocycles. The van der Waals surface area contributed by atoms with Crippen LogP contribution in [-0.4, -0.2) is 42.1 Å². The van der Waals surface area contributed by atoms with Crippen molar-refractivity contribution < 1.29 is 22.7 Å². The quantitative estimate of drug-likeness (QED) is 0.687. The van der Waals surface area contributed by atoms with Gasteiger partial charge in [0.1, 0.15) is 5.82 Å². The number of aromatic nitrogens is 2. The lowest BCUT2D eigenvalue weighted by atomic mass is 9.97. The molecule has 2 aromatic rings. The molecule has 1 aliphatic heterocycles. The average molecular weight is 447 g/mol. The number of halogens is 4. The normalized spacial score (nSPS) is 19.3. The number of carbonyl (C=O) groups excluding carboxylic acids is 1. The molecule has 0 bridgehead atoms. The van der Waals surface area contributed by atoms with Gasteiger partial charge in [-0.3, -0.25) is 4.79 Å². The van der Waals surface area contributed by atoms with Crippen molar-refractivity contribution in [3.05, 3.63) is 46.1 Å². The summed E-state index contributed by atoms with van der Waals surface area (Å²) in [6.45, 7) is 0.545. The van der Waals surface area contributed by atoms with Gasteiger partial charge < -0.3 is 15.4 Å². The van der Waals surface area contributed by atoms with Crippen molar-refractivity contribution in [2.45, 2.75) is 24.7 Å². The molecule has 1 amide bonds. The Morgan fingerprint density at radius 2 is 2.11 bits per heavy atom. The Kier molecular flexibility index (Phi) is 5.75. The second-order valence-corrected chi connectivity index (χ2v) is 7.07. The maximum Gasteiger partial charge on any atom is 0.410 e. The molecule has 1 aliphatic rings. The van der Waals surface area contributed by atoms with E-state index < -0.39 is 24.2 Å². The van der Waals surface area contributed by atoms with Crippen LogP contribution in [0.1, 0.15) is 34.6 Å². The van der Waals surface area contributed by atoms with E-state index in [2.05, 4.69) is 31.7 Å². The molecule has 0 spiro atoms. The van der Waals surface area contributed by atoms with Gasteiger partial charge in [0, 0.05) is 30.6 Å². The van der Waals surface area contributed by atoms with Gasteiger partial charge in [0.05, 0.1) is 12.6 Å². The van der Waals surface area contributed by atoms with Crippen LogP contribution in [0, 0.1) is 0 Å². The van der Waals surface area contributed by atoms with E-state index in [1.54, 1.807) is 24.3 Å². The molecule has 2 atom stereocenters. The van der Waals surface area contributed by atoms with E-state index in [1.165, 1.54) is 13.2 Å². The van der Waals surface area contributed by atoms with E-state index in [1.807, 2.05) is 0 Å². The number of methoxy groups -OCH3 is 1. The first-order chi connectivity index (χ1) is 12.8. The highest BCUT2D eigenvalue weighted by Gasteiger charge is 2.46. The summed E-state index contributed by atoms with van der Waals surface area (Å²) in [7, 11) is 1.49. The minimum Gasteiger partial charge on any atom is -0.383 e. The lowest BCUT2D eigenvalue weighted by molar-refractivity contribution is -0.173. The molecule has 146 valence electrons. The second-order valence-electron chi connectivity index (χ2n) is 6.15. The Labute approximate surface area is 162 Å². The van der Waals surface area contributed by atoms with Crippen molar-refractivity contribution in [1.82, 2.24) is 15.1 Å². The summed E-state index contributed by atoms with van der Waals surface area (Å²) in [6, 6.07) is 6.06. The summed E-state index contributed by atoms with van der Waals surface area (Å²) in [5.74, 6) is -0.384. The van der Waals surface area contributed by atoms with Crippen LogP contribution in [0.4, 0.5) is 19.0 Å². The molecule has 2 heterocycles. The van der Waals surface area contributed by atoms with Crippen molar-refractivity contribution in [2.24, 2.45) is 0 Å². The minimum atomic E-state index is -4.49. The first-order valence-corrected chi connectivity index (χ1v) is 9.04. The molecule has 0 saturated heterocycles. The van der Waals surface area contributed by atoms with Gasteiger partial charge in [-0.2, -0.15) is 18.3 Å². The van der Waals surface area contributed by atoms with Crippen molar-refractivity contribution in [2.75, 3.05) is 25.6 Å². The van der Waals surface area contributed by atoms with Gasteiger partial charge in [0.15, 0.2) is 11.7 Å². The van der Waals surface area contributed by atoms with Gasteiger partial charge in [0.2, 0.25) is 0 Å². The Morgan fingerprint density at radius 1 is 1.41 bits per heavy atom. The molecular formula is C17H18BrF3N4O2. The van der Waals surface area contributed by atoms with Crippen molar-refractivity contribution in [3.8, 4) is 0 Å². The van der Waals surface area contributed by atoms with E-state index in [4.69, 9.17) is 4.74 Å². The van der Waals surface area contributed by atoms with Gasteiger partial charge in [-0.1, -0.05) is 28.1 Å². The van der Waals surface area contributed by atoms with Gasteiger partial charge >= 0.3 is 6.18 Å². The molecule has 2 N–H and O–H groups in total. The maximum absolute atomic E-state index is 13.6. The summed E-state index contributed by atoms with van der Waals surface area (Å²) in [5.41, 5.74) is 0.658. The predicted octanol–water partition coefficient (Wildman–Crippen LogP) is 3.68. The number of hydrogen-bond donors (Lipinski definition) is 2. The Hall–Kier alpha value is -2.07. The standard InChI is InChI=1S/C17H18BrF3N4O2/c1-27-7-6-22-16(26)13-9-15-23-12(10-2-4-11(18)5-3-10)8-14(17(19,20)21)25(15)24-13/h2-5,9,12,14,23H,6-8H2,1H3,(H,22,26)/t12-,14+/m0/s1. The molecule has 6 nitrogen and oxygen atoms in total. The number of nitrogens with zero attached hydrogens (tertiary/aromatic N) is 2. The van der Waals surface area contributed by atoms with Crippen molar-refractivity contribution in [1.29, 1.82) is 0 Å². The monoisotopic (exact) mass is 446 g/mol. The molecule has 27 heavy (non-hydrogen) atoms. The fourth-order valence-corrected chi connectivity index (χ4v) is 3.22. The average Bonchev–Trinajstić information content (AvgIpc) is 3.05. The lowest BCUT2D eigenvalue weighted by Crippen LogP contribution is -2.35. The molecule has 0 aliphatic carbocycles. The van der Waals surface area contributed by atoms with Crippen LogP contribution < -0.4 is 10.6 Å². The Balaban J connectivity index is 1.88. The zero-order valence-electron chi connectivity index (χ0n) is 14.4. The van der Waals surface area contributed by atoms with Gasteiger partial charge in [0.25, 0.3) is 5.91 Å². The molecular weight excluding hydrogens is 429 g/mol. The highest BCUT2D eigenvalue weighted by atomic mass is 79.9. The zero-order chi connectivity index (χ0) is 19.6. The molecule has 0 saturated carbocycles. The summed E-state index contributed by atoms with van der Waals surface area (Å²) in [6.07, 6.45) is -4.70. The predicted molar refractivity (Wildman–Crippen MR) is 96.7 cm³/mol. The number of carbonyl (C=O) groups is 1. The number of amides is 1. The topological polar surface area (TPSA) is 68.2 Å². The smallest absolute Gasteiger partial charge is 0.383 e. The highest BCUT2D eigenvalue weighted by molar-refractivity contribution is 9.10. The SMILES string of the molecule is COCCNC(=O)c1cc2n(n1)[C@@H](C(F)(F)F)C[C@@H](c1ccc(Br)cc1)N2. The third-order valence-electron chi connectivity index (χ3n) is 4.29. The van der Waals surface area contributed by atoms with Gasteiger partial charge in [-0.15, -0.1) is 0 Å². The summed E-state index contributed by atoms with van der Waals surface area (Å²) >= 11 is 3.32. The highest BCUT2D eigenvalue weighted by Crippen LogP contribution is 2.43. The maximum atomic E-state index is 13.6. The van der Waals surface area contributed by atoms with E-state index in [-0.39, 0.29) is 24.5 Å². The van der Waals surface area contributed by atoms with Gasteiger partial charge in [-0.05, 0) is 17.7 Å². The summed E-state index contributed by atoms with van der Waals surface area (Å²) in [5, 5.41) is 9.51. The number of hydrogen-bond acceptors (Lipinski definition) is 4. The van der Waals surface area contributed by atoms with Crippen molar-refractivity contribution >= 4 is 27.7 Å². The molecule has 0 fully saturated rings. The number of fused-ring (bicyclic) bond motifs is 1. The number of ether oxygens (including phenoxy) is 1. The number of benzene rings is 1. The van der Waals surface area contributed by atoms with E-state index >= 15 is 0 Å². The zero-order valence-corrected chi connectivity index (χ0v) is 16.0. The van der Waals surface area contributed by atoms with E-state index in [9.17, 15) is 18.0 Å². The summed E-state index contributed by atoms with van der Waals surface area (Å²) in [4.78, 5) is 12.1. The van der Waals surface area contributed by atoms with Crippen molar-refractivity contribution in [3.63, 3.8) is 0 Å². The van der Waals surface area contributed by atoms with Crippen LogP contribution in [0.3, 0.4) is 0 Å². The largest absolute Gasteiger partial charge is 0.410 e. The first kappa shape index (κ1) is 19.7. The fourth-order valence-electron chi connectivity index (χ4n) is 2.96. The number of alkyl halides is 3. The minimum absolute atomic E-state index is 0.0701. The molecule has 3 rings (SSSR count). The summed E-state index contributed by atoms with van der Waals surface area (Å²) < 4.78 is 47.4. The molecule has 0 unspecified atom stereocenters. The van der Waals surface area contributed by atoms with Crippen LogP contribution in [0.2, 0.25) is 0 Å². The third-order valence-corrected chi connectivity index (χ3v) is 4.82. The van der Waals surface area contributed by atoms with E-state index in [0.717, 1.165) is 14.7 Å². The fraction of sp³-hybridized carbons (Fsp3) is 0.412. The van der Waals surface area contributed by atoms with E-state index in [0.29, 0.717) is 6.61 Å². The van der Waals surface area contributed by atoms with Crippen LogP contribution in [-0.2, 0) is 4.74 Å². The third kappa shape index (κ3) is 4.44. The first-order valence-electron chi connectivity index (χ1n) is 8.25. The molecule has 10 heteroatoms. The molecule has 0 radical (unpaired) electrons. The lowest BCUT2D eigenvalue weighted by Gasteiger charge is -2.33. The van der Waals surface area contributed by atoms with Gasteiger partial charge in [-0.25, -0.2) is 4.68 Å². The number of rotatable bonds is 5. The Bertz CT molecular complexity index is 808. The Morgan fingerprint density at radius 3 is 2.74 bits per heavy atom. The van der Waals surface area contributed by atoms with Crippen LogP contribution in [0.15, 0.2) is 34.8 Å².